The third-order valence-electron chi connectivity index (χ3n) is 4.99. The molecule has 0 aromatic carbocycles. The monoisotopic (exact) mass is 400 g/mol. The maximum absolute atomic E-state index is 11.2. The molecule has 0 aliphatic rings. The van der Waals surface area contributed by atoms with Crippen molar-refractivity contribution < 1.29 is 47.6 Å². The van der Waals surface area contributed by atoms with Gasteiger partial charge in [-0.2, -0.15) is 0 Å². The smallest absolute Gasteiger partial charge is 0.748 e. The van der Waals surface area contributed by atoms with Crippen LogP contribution in [-0.2, 0) is 10.1 Å². The van der Waals surface area contributed by atoms with E-state index in [1.807, 2.05) is 6.92 Å². The second-order valence-corrected chi connectivity index (χ2v) is 9.11. The van der Waals surface area contributed by atoms with E-state index in [0.29, 0.717) is 12.8 Å². The predicted octanol–water partition coefficient (Wildman–Crippen LogP) is 2.55. The Morgan fingerprint density at radius 3 is 1.54 bits per heavy atom. The first kappa shape index (κ1) is 29.1. The van der Waals surface area contributed by atoms with Crippen LogP contribution in [0.15, 0.2) is 0 Å². The molecule has 0 saturated carbocycles. The van der Waals surface area contributed by atoms with Crippen LogP contribution in [0.5, 0.6) is 0 Å². The van der Waals surface area contributed by atoms with E-state index in [4.69, 9.17) is 0 Å². The van der Waals surface area contributed by atoms with Crippen molar-refractivity contribution in [1.82, 2.24) is 0 Å². The molecule has 0 aromatic rings. The summed E-state index contributed by atoms with van der Waals surface area (Å²) < 4.78 is 33.7. The molecule has 26 heavy (non-hydrogen) atoms. The third-order valence-corrected chi connectivity index (χ3v) is 6.28. The standard InChI is InChI=1S/C20H42O4S.Na/c1-3-5-7-8-9-12-15-19(21)16-13-10-11-14-18-20(17-6-4-2)25(22,23)24;/h19-21H,3-18H2,1-2H3,(H,22,23,24);/q;+1/p-1. The fourth-order valence-electron chi connectivity index (χ4n) is 3.27. The van der Waals surface area contributed by atoms with Crippen LogP contribution in [0.4, 0.5) is 0 Å². The van der Waals surface area contributed by atoms with Crippen LogP contribution in [0.25, 0.3) is 0 Å². The zero-order valence-electron chi connectivity index (χ0n) is 17.5. The zero-order chi connectivity index (χ0) is 19.0. The minimum absolute atomic E-state index is 0. The van der Waals surface area contributed by atoms with Gasteiger partial charge in [-0.1, -0.05) is 90.9 Å². The van der Waals surface area contributed by atoms with Crippen LogP contribution in [0.3, 0.4) is 0 Å². The molecule has 0 spiro atoms. The van der Waals surface area contributed by atoms with Gasteiger partial charge in [0.2, 0.25) is 0 Å². The summed E-state index contributed by atoms with van der Waals surface area (Å²) in [6, 6.07) is 0. The molecule has 0 aliphatic carbocycles. The molecule has 0 aliphatic heterocycles. The van der Waals surface area contributed by atoms with E-state index < -0.39 is 15.4 Å². The number of rotatable bonds is 18. The van der Waals surface area contributed by atoms with Gasteiger partial charge in [0.05, 0.1) is 16.2 Å². The van der Waals surface area contributed by atoms with Crippen molar-refractivity contribution in [3.63, 3.8) is 0 Å². The van der Waals surface area contributed by atoms with E-state index in [9.17, 15) is 18.1 Å². The summed E-state index contributed by atoms with van der Waals surface area (Å²) in [4.78, 5) is 0. The first-order chi connectivity index (χ1) is 11.9. The largest absolute Gasteiger partial charge is 1.00 e. The van der Waals surface area contributed by atoms with Gasteiger partial charge in [-0.25, -0.2) is 8.42 Å². The van der Waals surface area contributed by atoms with Crippen LogP contribution < -0.4 is 29.6 Å². The van der Waals surface area contributed by atoms with Crippen LogP contribution in [0, 0.1) is 0 Å². The molecule has 0 saturated heterocycles. The van der Waals surface area contributed by atoms with E-state index in [1.165, 1.54) is 32.1 Å². The summed E-state index contributed by atoms with van der Waals surface area (Å²) in [6.45, 7) is 4.22. The number of hydrogen-bond acceptors (Lipinski definition) is 4. The van der Waals surface area contributed by atoms with E-state index in [2.05, 4.69) is 6.92 Å². The first-order valence-electron chi connectivity index (χ1n) is 10.5. The van der Waals surface area contributed by atoms with Gasteiger partial charge in [0.1, 0.15) is 0 Å². The Morgan fingerprint density at radius 1 is 0.692 bits per heavy atom. The van der Waals surface area contributed by atoms with Crippen molar-refractivity contribution in [2.75, 3.05) is 0 Å². The van der Waals surface area contributed by atoms with Crippen molar-refractivity contribution in [2.24, 2.45) is 0 Å². The van der Waals surface area contributed by atoms with Gasteiger partial charge in [-0.05, 0) is 25.7 Å². The Bertz CT molecular complexity index is 387. The Kier molecular flexibility index (Phi) is 21.5. The second-order valence-electron chi connectivity index (χ2n) is 7.46. The SMILES string of the molecule is CCCCCCCCC(O)CCCCCCC(CCCC)S(=O)(=O)[O-].[Na+]. The molecule has 0 heterocycles. The van der Waals surface area contributed by atoms with Crippen molar-refractivity contribution >= 4 is 10.1 Å². The molecule has 4 nitrogen and oxygen atoms in total. The molecule has 0 radical (unpaired) electrons. The predicted molar refractivity (Wildman–Crippen MR) is 105 cm³/mol. The minimum atomic E-state index is -4.15. The van der Waals surface area contributed by atoms with Crippen molar-refractivity contribution in [1.29, 1.82) is 0 Å². The molecule has 2 unspecified atom stereocenters. The van der Waals surface area contributed by atoms with Gasteiger partial charge in [0, 0.05) is 5.25 Å². The van der Waals surface area contributed by atoms with Crippen LogP contribution in [0.1, 0.15) is 117 Å². The summed E-state index contributed by atoms with van der Waals surface area (Å²) in [6.07, 6.45) is 15.5. The molecule has 2 atom stereocenters. The van der Waals surface area contributed by atoms with Gasteiger partial charge in [-0.15, -0.1) is 0 Å². The second kappa shape index (κ2) is 19.2. The van der Waals surface area contributed by atoms with Gasteiger partial charge < -0.3 is 9.66 Å². The summed E-state index contributed by atoms with van der Waals surface area (Å²) in [7, 11) is -4.15. The van der Waals surface area contributed by atoms with Crippen LogP contribution in [-0.4, -0.2) is 29.4 Å². The number of aliphatic hydroxyl groups is 1. The minimum Gasteiger partial charge on any atom is -0.748 e. The summed E-state index contributed by atoms with van der Waals surface area (Å²) in [5.41, 5.74) is 0. The van der Waals surface area contributed by atoms with Crippen LogP contribution >= 0.6 is 0 Å². The summed E-state index contributed by atoms with van der Waals surface area (Å²) >= 11 is 0. The summed E-state index contributed by atoms with van der Waals surface area (Å²) in [5.74, 6) is 0. The first-order valence-corrected chi connectivity index (χ1v) is 12.0. The van der Waals surface area contributed by atoms with E-state index in [0.717, 1.165) is 57.8 Å². The van der Waals surface area contributed by atoms with Gasteiger partial charge in [0.15, 0.2) is 0 Å². The Balaban J connectivity index is 0. The summed E-state index contributed by atoms with van der Waals surface area (Å²) in [5, 5.41) is 9.28. The molecule has 0 amide bonds. The van der Waals surface area contributed by atoms with Crippen molar-refractivity contribution in [3.8, 4) is 0 Å². The molecule has 0 fully saturated rings. The molecule has 0 aromatic heterocycles. The molecular weight excluding hydrogens is 359 g/mol. The number of aliphatic hydroxyl groups excluding tert-OH is 1. The normalized spacial score (nSPS) is 14.0. The van der Waals surface area contributed by atoms with E-state index in [-0.39, 0.29) is 35.7 Å². The van der Waals surface area contributed by atoms with Crippen molar-refractivity contribution in [3.05, 3.63) is 0 Å². The average molecular weight is 401 g/mol. The van der Waals surface area contributed by atoms with Crippen LogP contribution in [0.2, 0.25) is 0 Å². The molecule has 1 N–H and O–H groups in total. The van der Waals surface area contributed by atoms with Gasteiger partial charge in [0.25, 0.3) is 0 Å². The average Bonchev–Trinajstić information content (AvgIpc) is 2.55. The Morgan fingerprint density at radius 2 is 1.08 bits per heavy atom. The zero-order valence-corrected chi connectivity index (χ0v) is 20.4. The van der Waals surface area contributed by atoms with E-state index >= 15 is 0 Å². The molecular formula is C20H41NaO4S. The number of unbranched alkanes of at least 4 members (excludes halogenated alkanes) is 9. The molecule has 0 bridgehead atoms. The topological polar surface area (TPSA) is 77.4 Å². The fraction of sp³-hybridized carbons (Fsp3) is 1.00. The maximum atomic E-state index is 11.2. The van der Waals surface area contributed by atoms with Crippen molar-refractivity contribution in [2.45, 2.75) is 128 Å². The molecule has 0 rings (SSSR count). The molecule has 6 heteroatoms. The third kappa shape index (κ3) is 18.2. The number of hydrogen-bond donors (Lipinski definition) is 1. The molecule has 152 valence electrons. The maximum Gasteiger partial charge on any atom is 1.00 e. The van der Waals surface area contributed by atoms with Gasteiger partial charge in [-0.3, -0.25) is 0 Å². The quantitative estimate of drug-likeness (QED) is 0.218. The van der Waals surface area contributed by atoms with E-state index in [1.54, 1.807) is 0 Å². The Hall–Kier alpha value is 0.870. The Labute approximate surface area is 185 Å². The van der Waals surface area contributed by atoms with Gasteiger partial charge >= 0.3 is 29.6 Å². The fourth-order valence-corrected chi connectivity index (χ4v) is 4.19.